The minimum Gasteiger partial charge on any atom is -0.382 e. The van der Waals surface area contributed by atoms with Crippen LogP contribution in [0.1, 0.15) is 0 Å². The minimum absolute atomic E-state index is 0.271. The number of rotatable bonds is 9. The van der Waals surface area contributed by atoms with Gasteiger partial charge in [0.05, 0.1) is 44.5 Å². The summed E-state index contributed by atoms with van der Waals surface area (Å²) in [6.45, 7) is 4.97. The van der Waals surface area contributed by atoms with E-state index in [-0.39, 0.29) is 11.5 Å². The van der Waals surface area contributed by atoms with Gasteiger partial charge in [-0.3, -0.25) is 4.90 Å². The summed E-state index contributed by atoms with van der Waals surface area (Å²) in [5.41, 5.74) is 0. The van der Waals surface area contributed by atoms with Crippen molar-refractivity contribution in [1.29, 1.82) is 0 Å². The van der Waals surface area contributed by atoms with E-state index in [2.05, 4.69) is 4.90 Å². The van der Waals surface area contributed by atoms with E-state index in [0.29, 0.717) is 46.1 Å². The zero-order valence-electron chi connectivity index (χ0n) is 11.0. The maximum Gasteiger partial charge on any atom is 0.152 e. The van der Waals surface area contributed by atoms with Crippen molar-refractivity contribution in [3.05, 3.63) is 0 Å². The molecule has 6 nitrogen and oxygen atoms in total. The molecule has 0 radical (unpaired) electrons. The van der Waals surface area contributed by atoms with Gasteiger partial charge in [0.2, 0.25) is 0 Å². The normalized spacial score (nSPS) is 20.1. The second kappa shape index (κ2) is 8.82. The van der Waals surface area contributed by atoms with Gasteiger partial charge in [-0.1, -0.05) is 0 Å². The van der Waals surface area contributed by atoms with E-state index in [9.17, 15) is 8.42 Å². The van der Waals surface area contributed by atoms with Crippen LogP contribution in [0.4, 0.5) is 0 Å². The van der Waals surface area contributed by atoms with Crippen molar-refractivity contribution in [1.82, 2.24) is 4.90 Å². The summed E-state index contributed by atoms with van der Waals surface area (Å²) >= 11 is 0. The summed E-state index contributed by atoms with van der Waals surface area (Å²) in [6.07, 6.45) is 0. The summed E-state index contributed by atoms with van der Waals surface area (Å²) in [5, 5.41) is 0. The van der Waals surface area contributed by atoms with Crippen LogP contribution in [0, 0.1) is 0 Å². The minimum atomic E-state index is -2.78. The number of methoxy groups -OCH3 is 1. The molecule has 1 saturated heterocycles. The molecule has 7 heteroatoms. The maximum absolute atomic E-state index is 11.2. The second-order valence-corrected chi connectivity index (χ2v) is 6.51. The maximum atomic E-state index is 11.2. The van der Waals surface area contributed by atoms with Gasteiger partial charge in [-0.15, -0.1) is 0 Å². The molecule has 0 aromatic rings. The molecule has 1 rings (SSSR count). The van der Waals surface area contributed by atoms with Crippen LogP contribution in [0.5, 0.6) is 0 Å². The SMILES string of the molecule is COCCOCCOCCN1CCS(=O)(=O)CC1. The molecule has 0 saturated carbocycles. The molecule has 0 N–H and O–H groups in total. The Morgan fingerprint density at radius 1 is 0.944 bits per heavy atom. The molecule has 0 unspecified atom stereocenters. The summed E-state index contributed by atoms with van der Waals surface area (Å²) in [6, 6.07) is 0. The van der Waals surface area contributed by atoms with Gasteiger partial charge >= 0.3 is 0 Å². The van der Waals surface area contributed by atoms with Crippen LogP contribution < -0.4 is 0 Å². The monoisotopic (exact) mass is 281 g/mol. The summed E-state index contributed by atoms with van der Waals surface area (Å²) in [5.74, 6) is 0.542. The Hall–Kier alpha value is -0.210. The van der Waals surface area contributed by atoms with Crippen molar-refractivity contribution < 1.29 is 22.6 Å². The Labute approximate surface area is 109 Å². The van der Waals surface area contributed by atoms with Gasteiger partial charge in [-0.05, 0) is 0 Å². The smallest absolute Gasteiger partial charge is 0.152 e. The first kappa shape index (κ1) is 15.8. The van der Waals surface area contributed by atoms with Crippen LogP contribution in [-0.4, -0.2) is 84.6 Å². The number of hydrogen-bond donors (Lipinski definition) is 0. The highest BCUT2D eigenvalue weighted by molar-refractivity contribution is 7.91. The molecule has 0 aromatic heterocycles. The number of hydrogen-bond acceptors (Lipinski definition) is 6. The molecular formula is C11H23NO5S. The Balaban J connectivity index is 1.90. The lowest BCUT2D eigenvalue weighted by atomic mass is 10.5. The molecule has 0 aliphatic carbocycles. The predicted molar refractivity (Wildman–Crippen MR) is 68.6 cm³/mol. The largest absolute Gasteiger partial charge is 0.382 e. The lowest BCUT2D eigenvalue weighted by molar-refractivity contribution is 0.0200. The highest BCUT2D eigenvalue weighted by Gasteiger charge is 2.20. The van der Waals surface area contributed by atoms with Crippen molar-refractivity contribution in [2.24, 2.45) is 0 Å². The summed E-state index contributed by atoms with van der Waals surface area (Å²) in [4.78, 5) is 2.12. The molecule has 1 heterocycles. The molecule has 0 atom stereocenters. The average Bonchev–Trinajstić information content (AvgIpc) is 2.34. The zero-order valence-corrected chi connectivity index (χ0v) is 11.8. The third kappa shape index (κ3) is 7.27. The van der Waals surface area contributed by atoms with Crippen molar-refractivity contribution in [2.45, 2.75) is 0 Å². The lowest BCUT2D eigenvalue weighted by Crippen LogP contribution is -2.41. The third-order valence-electron chi connectivity index (χ3n) is 2.79. The first-order valence-corrected chi connectivity index (χ1v) is 8.03. The van der Waals surface area contributed by atoms with E-state index in [4.69, 9.17) is 14.2 Å². The zero-order chi connectivity index (χ0) is 13.3. The number of nitrogens with zero attached hydrogens (tertiary/aromatic N) is 1. The van der Waals surface area contributed by atoms with Crippen molar-refractivity contribution in [3.63, 3.8) is 0 Å². The fourth-order valence-corrected chi connectivity index (χ4v) is 2.91. The van der Waals surface area contributed by atoms with Gasteiger partial charge in [0.1, 0.15) is 0 Å². The van der Waals surface area contributed by atoms with Crippen LogP contribution in [-0.2, 0) is 24.0 Å². The molecule has 1 aliphatic heterocycles. The molecule has 0 spiro atoms. The Bertz CT molecular complexity index is 293. The van der Waals surface area contributed by atoms with E-state index in [0.717, 1.165) is 6.54 Å². The van der Waals surface area contributed by atoms with E-state index >= 15 is 0 Å². The van der Waals surface area contributed by atoms with Gasteiger partial charge in [0.15, 0.2) is 9.84 Å². The van der Waals surface area contributed by atoms with Crippen LogP contribution in [0.3, 0.4) is 0 Å². The van der Waals surface area contributed by atoms with Gasteiger partial charge < -0.3 is 14.2 Å². The second-order valence-electron chi connectivity index (χ2n) is 4.21. The van der Waals surface area contributed by atoms with E-state index in [1.54, 1.807) is 7.11 Å². The standard InChI is InChI=1S/C11H23NO5S/c1-15-6-7-17-9-8-16-5-2-12-3-10-18(13,14)11-4-12/h2-11H2,1H3. The fourth-order valence-electron chi connectivity index (χ4n) is 1.63. The molecule has 18 heavy (non-hydrogen) atoms. The topological polar surface area (TPSA) is 65.1 Å². The van der Waals surface area contributed by atoms with E-state index < -0.39 is 9.84 Å². The van der Waals surface area contributed by atoms with Crippen LogP contribution in [0.25, 0.3) is 0 Å². The van der Waals surface area contributed by atoms with Crippen molar-refractivity contribution in [2.75, 3.05) is 71.3 Å². The highest BCUT2D eigenvalue weighted by atomic mass is 32.2. The molecule has 108 valence electrons. The molecular weight excluding hydrogens is 258 g/mol. The predicted octanol–water partition coefficient (Wildman–Crippen LogP) is -0.604. The first-order chi connectivity index (χ1) is 8.64. The van der Waals surface area contributed by atoms with Crippen molar-refractivity contribution >= 4 is 9.84 Å². The van der Waals surface area contributed by atoms with Crippen LogP contribution in [0.2, 0.25) is 0 Å². The first-order valence-electron chi connectivity index (χ1n) is 6.21. The molecule has 0 aromatic carbocycles. The van der Waals surface area contributed by atoms with Gasteiger partial charge in [0.25, 0.3) is 0 Å². The Kier molecular flexibility index (Phi) is 7.76. The molecule has 1 aliphatic rings. The van der Waals surface area contributed by atoms with Gasteiger partial charge in [-0.2, -0.15) is 0 Å². The van der Waals surface area contributed by atoms with Crippen LogP contribution >= 0.6 is 0 Å². The van der Waals surface area contributed by atoms with Gasteiger partial charge in [-0.25, -0.2) is 8.42 Å². The molecule has 1 fully saturated rings. The Morgan fingerprint density at radius 2 is 1.50 bits per heavy atom. The quantitative estimate of drug-likeness (QED) is 0.526. The number of ether oxygens (including phenoxy) is 3. The summed E-state index contributed by atoms with van der Waals surface area (Å²) in [7, 11) is -1.14. The summed E-state index contributed by atoms with van der Waals surface area (Å²) < 4.78 is 37.9. The van der Waals surface area contributed by atoms with Crippen molar-refractivity contribution in [3.8, 4) is 0 Å². The van der Waals surface area contributed by atoms with E-state index in [1.165, 1.54) is 0 Å². The fraction of sp³-hybridized carbons (Fsp3) is 1.00. The van der Waals surface area contributed by atoms with Gasteiger partial charge in [0, 0.05) is 26.7 Å². The molecule has 0 bridgehead atoms. The van der Waals surface area contributed by atoms with Crippen LogP contribution in [0.15, 0.2) is 0 Å². The molecule has 0 amide bonds. The lowest BCUT2D eigenvalue weighted by Gasteiger charge is -2.26. The number of sulfone groups is 1. The highest BCUT2D eigenvalue weighted by Crippen LogP contribution is 2.02. The average molecular weight is 281 g/mol. The third-order valence-corrected chi connectivity index (χ3v) is 4.40. The van der Waals surface area contributed by atoms with E-state index in [1.807, 2.05) is 0 Å². The Morgan fingerprint density at radius 3 is 2.11 bits per heavy atom.